The summed E-state index contributed by atoms with van der Waals surface area (Å²) < 4.78 is 11.5. The molecule has 5 N–H and O–H groups in total. The molecule has 0 spiro atoms. The van der Waals surface area contributed by atoms with Gasteiger partial charge < -0.3 is 25.4 Å². The molecule has 9 heteroatoms. The van der Waals surface area contributed by atoms with Crippen LogP contribution in [-0.2, 0) is 9.47 Å². The highest BCUT2D eigenvalue weighted by molar-refractivity contribution is 5.90. The summed E-state index contributed by atoms with van der Waals surface area (Å²) in [7, 11) is 1.47. The van der Waals surface area contributed by atoms with Gasteiger partial charge in [0.25, 0.3) is 0 Å². The zero-order valence-electron chi connectivity index (χ0n) is 9.72. The third kappa shape index (κ3) is 2.20. The SMILES string of the molecule is COC[C@H]1O[C@@H](n2cnc(C(=N)N)n2)[C@H](O)[C@@H]1O. The molecule has 1 aliphatic rings. The van der Waals surface area contributed by atoms with Crippen LogP contribution in [0.3, 0.4) is 0 Å². The zero-order chi connectivity index (χ0) is 13.3. The number of aliphatic hydroxyl groups excluding tert-OH is 2. The second-order valence-corrected chi connectivity index (χ2v) is 3.96. The highest BCUT2D eigenvalue weighted by Crippen LogP contribution is 2.28. The fourth-order valence-electron chi connectivity index (χ4n) is 1.77. The molecule has 100 valence electrons. The second kappa shape index (κ2) is 4.98. The molecule has 2 heterocycles. The van der Waals surface area contributed by atoms with Gasteiger partial charge in [0, 0.05) is 7.11 Å². The fourth-order valence-corrected chi connectivity index (χ4v) is 1.77. The van der Waals surface area contributed by atoms with E-state index in [-0.39, 0.29) is 18.3 Å². The standard InChI is InChI=1S/C9H15N5O4/c1-17-2-4-5(15)6(16)9(18-4)14-3-12-8(13-14)7(10)11/h3-6,9,15-16H,2H2,1H3,(H3,10,11)/t4-,5-,6-,9-/m1/s1. The molecule has 0 radical (unpaired) electrons. The van der Waals surface area contributed by atoms with Gasteiger partial charge in [0.2, 0.25) is 5.82 Å². The van der Waals surface area contributed by atoms with Crippen molar-refractivity contribution in [1.82, 2.24) is 14.8 Å². The Kier molecular flexibility index (Phi) is 3.57. The normalized spacial score (nSPS) is 31.7. The van der Waals surface area contributed by atoms with Crippen LogP contribution in [0.1, 0.15) is 12.1 Å². The van der Waals surface area contributed by atoms with Crippen molar-refractivity contribution < 1.29 is 19.7 Å². The third-order valence-electron chi connectivity index (χ3n) is 2.68. The van der Waals surface area contributed by atoms with Crippen LogP contribution in [0, 0.1) is 5.41 Å². The van der Waals surface area contributed by atoms with Crippen LogP contribution in [-0.4, -0.2) is 62.8 Å². The first-order valence-electron chi connectivity index (χ1n) is 5.30. The Morgan fingerprint density at radius 2 is 2.33 bits per heavy atom. The van der Waals surface area contributed by atoms with Gasteiger partial charge in [-0.05, 0) is 0 Å². The first kappa shape index (κ1) is 12.9. The van der Waals surface area contributed by atoms with Crippen LogP contribution < -0.4 is 5.73 Å². The largest absolute Gasteiger partial charge is 0.387 e. The van der Waals surface area contributed by atoms with Crippen molar-refractivity contribution in [2.24, 2.45) is 5.73 Å². The van der Waals surface area contributed by atoms with E-state index in [0.717, 1.165) is 0 Å². The van der Waals surface area contributed by atoms with Crippen molar-refractivity contribution in [1.29, 1.82) is 5.41 Å². The summed E-state index contributed by atoms with van der Waals surface area (Å²) in [5.74, 6) is -0.245. The number of hydrogen-bond donors (Lipinski definition) is 4. The van der Waals surface area contributed by atoms with Crippen molar-refractivity contribution in [2.45, 2.75) is 24.5 Å². The minimum atomic E-state index is -1.15. The zero-order valence-corrected chi connectivity index (χ0v) is 9.72. The Morgan fingerprint density at radius 1 is 1.61 bits per heavy atom. The van der Waals surface area contributed by atoms with E-state index in [9.17, 15) is 10.2 Å². The molecular weight excluding hydrogens is 242 g/mol. The second-order valence-electron chi connectivity index (χ2n) is 3.96. The Morgan fingerprint density at radius 3 is 2.89 bits per heavy atom. The maximum atomic E-state index is 9.85. The maximum absolute atomic E-state index is 9.85. The summed E-state index contributed by atoms with van der Waals surface area (Å²) in [6.45, 7) is 0.156. The Hall–Kier alpha value is -1.55. The van der Waals surface area contributed by atoms with Crippen LogP contribution in [0.25, 0.3) is 0 Å². The number of hydrogen-bond acceptors (Lipinski definition) is 7. The summed E-state index contributed by atoms with van der Waals surface area (Å²) >= 11 is 0. The number of nitrogens with zero attached hydrogens (tertiary/aromatic N) is 3. The first-order chi connectivity index (χ1) is 8.54. The Balaban J connectivity index is 2.15. The van der Waals surface area contributed by atoms with Crippen LogP contribution in [0.5, 0.6) is 0 Å². The van der Waals surface area contributed by atoms with Gasteiger partial charge >= 0.3 is 0 Å². The molecule has 1 aliphatic heterocycles. The van der Waals surface area contributed by atoms with Crippen molar-refractivity contribution in [2.75, 3.05) is 13.7 Å². The lowest BCUT2D eigenvalue weighted by Crippen LogP contribution is -2.33. The smallest absolute Gasteiger partial charge is 0.215 e. The predicted molar refractivity (Wildman–Crippen MR) is 58.8 cm³/mol. The van der Waals surface area contributed by atoms with Gasteiger partial charge in [0.15, 0.2) is 12.1 Å². The number of rotatable bonds is 4. The van der Waals surface area contributed by atoms with Gasteiger partial charge in [-0.25, -0.2) is 9.67 Å². The molecule has 9 nitrogen and oxygen atoms in total. The van der Waals surface area contributed by atoms with E-state index >= 15 is 0 Å². The monoisotopic (exact) mass is 257 g/mol. The van der Waals surface area contributed by atoms with E-state index in [0.29, 0.717) is 0 Å². The van der Waals surface area contributed by atoms with Crippen molar-refractivity contribution in [3.8, 4) is 0 Å². The summed E-state index contributed by atoms with van der Waals surface area (Å²) in [4.78, 5) is 3.79. The molecular formula is C9H15N5O4. The molecule has 0 bridgehead atoms. The molecule has 0 aromatic carbocycles. The van der Waals surface area contributed by atoms with Gasteiger partial charge in [-0.1, -0.05) is 0 Å². The number of nitrogens with two attached hydrogens (primary N) is 1. The van der Waals surface area contributed by atoms with Crippen molar-refractivity contribution in [3.63, 3.8) is 0 Å². The molecule has 1 aromatic heterocycles. The lowest BCUT2D eigenvalue weighted by atomic mass is 10.1. The highest BCUT2D eigenvalue weighted by atomic mass is 16.6. The molecule has 1 fully saturated rings. The van der Waals surface area contributed by atoms with E-state index in [1.807, 2.05) is 0 Å². The Bertz CT molecular complexity index is 436. The number of nitrogens with one attached hydrogen (secondary N) is 1. The van der Waals surface area contributed by atoms with E-state index in [1.165, 1.54) is 18.1 Å². The summed E-state index contributed by atoms with van der Waals surface area (Å²) in [5.41, 5.74) is 5.23. The highest BCUT2D eigenvalue weighted by Gasteiger charge is 2.44. The van der Waals surface area contributed by atoms with Crippen LogP contribution in [0.15, 0.2) is 6.33 Å². The van der Waals surface area contributed by atoms with Crippen LogP contribution in [0.2, 0.25) is 0 Å². The number of methoxy groups -OCH3 is 1. The van der Waals surface area contributed by atoms with Crippen molar-refractivity contribution in [3.05, 3.63) is 12.2 Å². The number of nitrogen functional groups attached to an aromatic ring is 1. The topological polar surface area (TPSA) is 140 Å². The van der Waals surface area contributed by atoms with E-state index < -0.39 is 24.5 Å². The summed E-state index contributed by atoms with van der Waals surface area (Å²) in [6, 6.07) is 0. The van der Waals surface area contributed by atoms with Gasteiger partial charge in [-0.3, -0.25) is 5.41 Å². The molecule has 18 heavy (non-hydrogen) atoms. The molecule has 0 saturated carbocycles. The molecule has 0 unspecified atom stereocenters. The van der Waals surface area contributed by atoms with Gasteiger partial charge in [-0.15, -0.1) is 5.10 Å². The quantitative estimate of drug-likeness (QED) is 0.355. The van der Waals surface area contributed by atoms with E-state index in [4.69, 9.17) is 20.6 Å². The average molecular weight is 257 g/mol. The average Bonchev–Trinajstić information content (AvgIpc) is 2.90. The molecule has 0 amide bonds. The number of amidine groups is 1. The summed E-state index contributed by atoms with van der Waals surface area (Å²) in [5, 5.41) is 30.7. The van der Waals surface area contributed by atoms with Crippen molar-refractivity contribution >= 4 is 5.84 Å². The van der Waals surface area contributed by atoms with Crippen LogP contribution in [0.4, 0.5) is 0 Å². The van der Waals surface area contributed by atoms with E-state index in [1.54, 1.807) is 0 Å². The van der Waals surface area contributed by atoms with E-state index in [2.05, 4.69) is 10.1 Å². The van der Waals surface area contributed by atoms with Gasteiger partial charge in [0.1, 0.15) is 24.6 Å². The molecule has 1 aromatic rings. The maximum Gasteiger partial charge on any atom is 0.215 e. The Labute approximate surface area is 103 Å². The van der Waals surface area contributed by atoms with Crippen LogP contribution >= 0.6 is 0 Å². The van der Waals surface area contributed by atoms with Gasteiger partial charge in [-0.2, -0.15) is 0 Å². The lowest BCUT2D eigenvalue weighted by molar-refractivity contribution is -0.0648. The van der Waals surface area contributed by atoms with Gasteiger partial charge in [0.05, 0.1) is 6.61 Å². The predicted octanol–water partition coefficient (Wildman–Crippen LogP) is -2.17. The molecule has 0 aliphatic carbocycles. The fraction of sp³-hybridized carbons (Fsp3) is 0.667. The molecule has 1 saturated heterocycles. The number of aliphatic hydroxyl groups is 2. The minimum absolute atomic E-state index is 0.0375. The number of aromatic nitrogens is 3. The molecule has 2 rings (SSSR count). The first-order valence-corrected chi connectivity index (χ1v) is 5.30. The lowest BCUT2D eigenvalue weighted by Gasteiger charge is -2.13. The minimum Gasteiger partial charge on any atom is -0.387 e. The third-order valence-corrected chi connectivity index (χ3v) is 2.68. The summed E-state index contributed by atoms with van der Waals surface area (Å²) in [6.07, 6.45) is -2.45. The number of ether oxygens (including phenoxy) is 2. The molecule has 4 atom stereocenters.